The minimum absolute atomic E-state index is 0.0182. The van der Waals surface area contributed by atoms with Crippen LogP contribution in [0.25, 0.3) is 0 Å². The highest BCUT2D eigenvalue weighted by Gasteiger charge is 2.26. The fourth-order valence-corrected chi connectivity index (χ4v) is 2.24. The van der Waals surface area contributed by atoms with E-state index in [-0.39, 0.29) is 11.4 Å². The second-order valence-corrected chi connectivity index (χ2v) is 5.26. The first kappa shape index (κ1) is 11.7. The molecule has 2 nitrogen and oxygen atoms in total. The standard InChI is InChI=1S/C12H16ClFN2/c1-12(2)8-16(6-5-15-12)11-4-3-9(13)7-10(11)14/h3-4,7,15H,5-6,8H2,1-2H3. The fraction of sp³-hybridized carbons (Fsp3) is 0.500. The number of anilines is 1. The molecule has 0 saturated carbocycles. The Morgan fingerprint density at radius 1 is 1.44 bits per heavy atom. The number of nitrogens with one attached hydrogen (secondary N) is 1. The molecule has 1 N–H and O–H groups in total. The zero-order valence-corrected chi connectivity index (χ0v) is 10.3. The van der Waals surface area contributed by atoms with Crippen LogP contribution in [0.5, 0.6) is 0 Å². The van der Waals surface area contributed by atoms with Crippen LogP contribution in [-0.2, 0) is 0 Å². The predicted molar refractivity (Wildman–Crippen MR) is 65.7 cm³/mol. The Morgan fingerprint density at radius 3 is 2.81 bits per heavy atom. The molecule has 0 aliphatic carbocycles. The van der Waals surface area contributed by atoms with Crippen LogP contribution in [-0.4, -0.2) is 25.2 Å². The Bertz CT molecular complexity index is 393. The van der Waals surface area contributed by atoms with E-state index >= 15 is 0 Å². The monoisotopic (exact) mass is 242 g/mol. The normalized spacial score (nSPS) is 19.9. The van der Waals surface area contributed by atoms with E-state index in [9.17, 15) is 4.39 Å². The van der Waals surface area contributed by atoms with Gasteiger partial charge in [0.05, 0.1) is 5.69 Å². The van der Waals surface area contributed by atoms with Crippen molar-refractivity contribution in [3.05, 3.63) is 29.0 Å². The van der Waals surface area contributed by atoms with Crippen LogP contribution >= 0.6 is 11.6 Å². The van der Waals surface area contributed by atoms with E-state index < -0.39 is 0 Å². The lowest BCUT2D eigenvalue weighted by Crippen LogP contribution is -2.57. The third-order valence-corrected chi connectivity index (χ3v) is 3.06. The van der Waals surface area contributed by atoms with Crippen molar-refractivity contribution in [1.29, 1.82) is 0 Å². The maximum absolute atomic E-state index is 13.7. The highest BCUT2D eigenvalue weighted by Crippen LogP contribution is 2.25. The van der Waals surface area contributed by atoms with Crippen LogP contribution in [0.2, 0.25) is 5.02 Å². The summed E-state index contributed by atoms with van der Waals surface area (Å²) < 4.78 is 13.7. The lowest BCUT2D eigenvalue weighted by atomic mass is 10.0. The summed E-state index contributed by atoms with van der Waals surface area (Å²) >= 11 is 5.74. The Morgan fingerprint density at radius 2 is 2.19 bits per heavy atom. The van der Waals surface area contributed by atoms with Gasteiger partial charge in [-0.25, -0.2) is 4.39 Å². The Hall–Kier alpha value is -0.800. The van der Waals surface area contributed by atoms with E-state index in [2.05, 4.69) is 24.1 Å². The molecule has 0 atom stereocenters. The number of hydrogen-bond acceptors (Lipinski definition) is 2. The fourth-order valence-electron chi connectivity index (χ4n) is 2.08. The summed E-state index contributed by atoms with van der Waals surface area (Å²) in [7, 11) is 0. The van der Waals surface area contributed by atoms with Crippen LogP contribution in [0.1, 0.15) is 13.8 Å². The topological polar surface area (TPSA) is 15.3 Å². The molecule has 1 fully saturated rings. The molecule has 4 heteroatoms. The molecule has 1 aromatic rings. The third-order valence-electron chi connectivity index (χ3n) is 2.82. The predicted octanol–water partition coefficient (Wildman–Crippen LogP) is 2.67. The van der Waals surface area contributed by atoms with Crippen LogP contribution in [0.15, 0.2) is 18.2 Å². The molecule has 0 spiro atoms. The first-order valence-corrected chi connectivity index (χ1v) is 5.81. The van der Waals surface area contributed by atoms with E-state index in [1.165, 1.54) is 6.07 Å². The molecule has 0 aromatic heterocycles. The van der Waals surface area contributed by atoms with Gasteiger partial charge in [0, 0.05) is 30.2 Å². The minimum Gasteiger partial charge on any atom is -0.366 e. The summed E-state index contributed by atoms with van der Waals surface area (Å²) in [4.78, 5) is 2.06. The molecule has 0 unspecified atom stereocenters. The largest absolute Gasteiger partial charge is 0.366 e. The molecule has 16 heavy (non-hydrogen) atoms. The molecule has 1 aromatic carbocycles. The lowest BCUT2D eigenvalue weighted by molar-refractivity contribution is 0.351. The lowest BCUT2D eigenvalue weighted by Gasteiger charge is -2.40. The van der Waals surface area contributed by atoms with Crippen molar-refractivity contribution in [2.24, 2.45) is 0 Å². The summed E-state index contributed by atoms with van der Waals surface area (Å²) in [5.74, 6) is -0.245. The maximum atomic E-state index is 13.7. The Labute approximate surface area is 100 Å². The summed E-state index contributed by atoms with van der Waals surface area (Å²) in [5.41, 5.74) is 0.656. The van der Waals surface area contributed by atoms with Gasteiger partial charge in [-0.2, -0.15) is 0 Å². The first-order valence-electron chi connectivity index (χ1n) is 5.43. The van der Waals surface area contributed by atoms with Crippen molar-refractivity contribution in [3.63, 3.8) is 0 Å². The van der Waals surface area contributed by atoms with Crippen molar-refractivity contribution in [1.82, 2.24) is 5.32 Å². The van der Waals surface area contributed by atoms with Gasteiger partial charge in [0.15, 0.2) is 0 Å². The summed E-state index contributed by atoms with van der Waals surface area (Å²) in [6, 6.07) is 4.85. The second-order valence-electron chi connectivity index (χ2n) is 4.83. The van der Waals surface area contributed by atoms with Gasteiger partial charge in [-0.05, 0) is 32.0 Å². The van der Waals surface area contributed by atoms with Crippen LogP contribution in [0, 0.1) is 5.82 Å². The molecule has 0 radical (unpaired) electrons. The molecular formula is C12H16ClFN2. The van der Waals surface area contributed by atoms with Crippen LogP contribution < -0.4 is 10.2 Å². The van der Waals surface area contributed by atoms with Gasteiger partial charge in [-0.3, -0.25) is 0 Å². The van der Waals surface area contributed by atoms with Gasteiger partial charge in [0.1, 0.15) is 5.82 Å². The number of nitrogens with zero attached hydrogens (tertiary/aromatic N) is 1. The highest BCUT2D eigenvalue weighted by atomic mass is 35.5. The first-order chi connectivity index (χ1) is 7.48. The van der Waals surface area contributed by atoms with Crippen LogP contribution in [0.3, 0.4) is 0 Å². The Balaban J connectivity index is 2.23. The van der Waals surface area contributed by atoms with Crippen molar-refractivity contribution in [2.45, 2.75) is 19.4 Å². The van der Waals surface area contributed by atoms with E-state index in [0.29, 0.717) is 10.7 Å². The SMILES string of the molecule is CC1(C)CN(c2ccc(Cl)cc2F)CCN1. The van der Waals surface area contributed by atoms with Crippen molar-refractivity contribution in [2.75, 3.05) is 24.5 Å². The maximum Gasteiger partial charge on any atom is 0.147 e. The van der Waals surface area contributed by atoms with Crippen molar-refractivity contribution in [3.8, 4) is 0 Å². The summed E-state index contributed by atoms with van der Waals surface area (Å²) in [6.07, 6.45) is 0. The second kappa shape index (κ2) is 4.22. The van der Waals surface area contributed by atoms with E-state index in [4.69, 9.17) is 11.6 Å². The van der Waals surface area contributed by atoms with Crippen molar-refractivity contribution < 1.29 is 4.39 Å². The average Bonchev–Trinajstić information content (AvgIpc) is 2.15. The van der Waals surface area contributed by atoms with E-state index in [0.717, 1.165) is 19.6 Å². The zero-order chi connectivity index (χ0) is 11.8. The minimum atomic E-state index is -0.245. The third kappa shape index (κ3) is 2.47. The van der Waals surface area contributed by atoms with E-state index in [1.807, 2.05) is 0 Å². The molecule has 1 aliphatic rings. The number of piperazine rings is 1. The Kier molecular flexibility index (Phi) is 3.08. The number of benzene rings is 1. The molecule has 0 bridgehead atoms. The van der Waals surface area contributed by atoms with Gasteiger partial charge in [-0.1, -0.05) is 11.6 Å². The molecular weight excluding hydrogens is 227 g/mol. The van der Waals surface area contributed by atoms with Gasteiger partial charge in [-0.15, -0.1) is 0 Å². The number of halogens is 2. The van der Waals surface area contributed by atoms with Gasteiger partial charge in [0.25, 0.3) is 0 Å². The molecule has 2 rings (SSSR count). The van der Waals surface area contributed by atoms with E-state index in [1.54, 1.807) is 12.1 Å². The van der Waals surface area contributed by atoms with Gasteiger partial charge in [0.2, 0.25) is 0 Å². The smallest absolute Gasteiger partial charge is 0.147 e. The zero-order valence-electron chi connectivity index (χ0n) is 9.56. The highest BCUT2D eigenvalue weighted by molar-refractivity contribution is 6.30. The van der Waals surface area contributed by atoms with Gasteiger partial charge < -0.3 is 10.2 Å². The molecule has 1 aliphatic heterocycles. The molecule has 1 saturated heterocycles. The summed E-state index contributed by atoms with van der Waals surface area (Å²) in [6.45, 7) is 6.72. The number of hydrogen-bond donors (Lipinski definition) is 1. The molecule has 1 heterocycles. The quantitative estimate of drug-likeness (QED) is 0.815. The average molecular weight is 243 g/mol. The molecule has 0 amide bonds. The molecule has 88 valence electrons. The van der Waals surface area contributed by atoms with Crippen LogP contribution in [0.4, 0.5) is 10.1 Å². The van der Waals surface area contributed by atoms with Crippen molar-refractivity contribution >= 4 is 17.3 Å². The number of rotatable bonds is 1. The van der Waals surface area contributed by atoms with Gasteiger partial charge >= 0.3 is 0 Å². The summed E-state index contributed by atoms with van der Waals surface area (Å²) in [5, 5.41) is 3.84.